The Bertz CT molecular complexity index is 686. The van der Waals surface area contributed by atoms with Gasteiger partial charge in [0.25, 0.3) is 0 Å². The Morgan fingerprint density at radius 3 is 2.68 bits per heavy atom. The maximum absolute atomic E-state index is 11.6. The first kappa shape index (κ1) is 13.1. The number of carbonyl (C=O) groups is 1. The van der Waals surface area contributed by atoms with Crippen LogP contribution in [-0.4, -0.2) is 15.6 Å². The largest absolute Gasteiger partial charge is 0.477 e. The number of aryl methyl sites for hydroxylation is 2. The molecule has 0 spiro atoms. The predicted molar refractivity (Wildman–Crippen MR) is 73.1 cm³/mol. The summed E-state index contributed by atoms with van der Waals surface area (Å²) in [4.78, 5) is 22.6. The summed E-state index contributed by atoms with van der Waals surface area (Å²) >= 11 is 0. The third-order valence-corrected chi connectivity index (χ3v) is 3.07. The Labute approximate surface area is 110 Å². The second-order valence-electron chi connectivity index (χ2n) is 4.39. The zero-order valence-electron chi connectivity index (χ0n) is 10.9. The van der Waals surface area contributed by atoms with Crippen LogP contribution in [0.2, 0.25) is 0 Å². The topological polar surface area (TPSA) is 59.3 Å². The summed E-state index contributed by atoms with van der Waals surface area (Å²) in [7, 11) is 0. The number of carboxylic acid groups (broad SMARTS) is 1. The van der Waals surface area contributed by atoms with Crippen LogP contribution in [0.3, 0.4) is 0 Å². The SMILES string of the molecule is CCc1cccc(-n2cc(C(=O)O)c(=O)cc2C)c1. The van der Waals surface area contributed by atoms with Crippen molar-refractivity contribution in [1.82, 2.24) is 4.57 Å². The van der Waals surface area contributed by atoms with Gasteiger partial charge in [-0.1, -0.05) is 19.1 Å². The minimum absolute atomic E-state index is 0.215. The summed E-state index contributed by atoms with van der Waals surface area (Å²) < 4.78 is 1.73. The molecule has 0 amide bonds. The molecule has 19 heavy (non-hydrogen) atoms. The van der Waals surface area contributed by atoms with Gasteiger partial charge in [-0.15, -0.1) is 0 Å². The lowest BCUT2D eigenvalue weighted by Gasteiger charge is -2.12. The Morgan fingerprint density at radius 1 is 1.32 bits per heavy atom. The van der Waals surface area contributed by atoms with E-state index < -0.39 is 11.4 Å². The van der Waals surface area contributed by atoms with Crippen LogP contribution in [0.15, 0.2) is 41.3 Å². The molecule has 1 aromatic heterocycles. The smallest absolute Gasteiger partial charge is 0.341 e. The molecule has 98 valence electrons. The number of benzene rings is 1. The van der Waals surface area contributed by atoms with Crippen LogP contribution >= 0.6 is 0 Å². The van der Waals surface area contributed by atoms with E-state index in [1.807, 2.05) is 24.3 Å². The van der Waals surface area contributed by atoms with E-state index in [-0.39, 0.29) is 5.56 Å². The molecule has 4 heteroatoms. The second kappa shape index (κ2) is 5.10. The van der Waals surface area contributed by atoms with Gasteiger partial charge < -0.3 is 9.67 Å². The van der Waals surface area contributed by atoms with Gasteiger partial charge in [-0.3, -0.25) is 4.79 Å². The van der Waals surface area contributed by atoms with E-state index in [0.29, 0.717) is 5.69 Å². The second-order valence-corrected chi connectivity index (χ2v) is 4.39. The first-order valence-electron chi connectivity index (χ1n) is 6.09. The molecule has 1 N–H and O–H groups in total. The van der Waals surface area contributed by atoms with E-state index in [9.17, 15) is 9.59 Å². The Morgan fingerprint density at radius 2 is 2.05 bits per heavy atom. The molecular weight excluding hydrogens is 242 g/mol. The molecule has 0 aliphatic rings. The zero-order valence-corrected chi connectivity index (χ0v) is 10.9. The normalized spacial score (nSPS) is 10.4. The van der Waals surface area contributed by atoms with E-state index >= 15 is 0 Å². The van der Waals surface area contributed by atoms with Crippen molar-refractivity contribution in [3.05, 3.63) is 63.6 Å². The molecule has 2 rings (SSSR count). The van der Waals surface area contributed by atoms with Gasteiger partial charge in [0.2, 0.25) is 0 Å². The van der Waals surface area contributed by atoms with Gasteiger partial charge in [-0.2, -0.15) is 0 Å². The lowest BCUT2D eigenvalue weighted by Crippen LogP contribution is -2.18. The molecule has 0 saturated carbocycles. The van der Waals surface area contributed by atoms with Crippen molar-refractivity contribution in [2.75, 3.05) is 0 Å². The Balaban J connectivity index is 2.64. The summed E-state index contributed by atoms with van der Waals surface area (Å²) in [6, 6.07) is 9.17. The summed E-state index contributed by atoms with van der Waals surface area (Å²) in [6.45, 7) is 3.84. The summed E-state index contributed by atoms with van der Waals surface area (Å²) in [5.74, 6) is -1.20. The molecule has 0 aliphatic carbocycles. The molecule has 1 heterocycles. The molecule has 0 fully saturated rings. The molecule has 0 bridgehead atoms. The minimum Gasteiger partial charge on any atom is -0.477 e. The third-order valence-electron chi connectivity index (χ3n) is 3.07. The van der Waals surface area contributed by atoms with Crippen molar-refractivity contribution in [2.24, 2.45) is 0 Å². The first-order valence-corrected chi connectivity index (χ1v) is 6.09. The highest BCUT2D eigenvalue weighted by Gasteiger charge is 2.11. The molecule has 0 radical (unpaired) electrons. The van der Waals surface area contributed by atoms with E-state index in [4.69, 9.17) is 5.11 Å². The predicted octanol–water partition coefficient (Wildman–Crippen LogP) is 2.41. The minimum atomic E-state index is -1.20. The summed E-state index contributed by atoms with van der Waals surface area (Å²) in [5.41, 5.74) is 2.05. The summed E-state index contributed by atoms with van der Waals surface area (Å²) in [5, 5.41) is 9.02. The average Bonchev–Trinajstić information content (AvgIpc) is 2.38. The molecule has 0 unspecified atom stereocenters. The molecule has 1 aromatic carbocycles. The van der Waals surface area contributed by atoms with Crippen LogP contribution in [-0.2, 0) is 6.42 Å². The fraction of sp³-hybridized carbons (Fsp3) is 0.200. The Kier molecular flexibility index (Phi) is 3.51. The number of rotatable bonds is 3. The van der Waals surface area contributed by atoms with Crippen molar-refractivity contribution in [2.45, 2.75) is 20.3 Å². The fourth-order valence-corrected chi connectivity index (χ4v) is 2.00. The number of aromatic nitrogens is 1. The van der Waals surface area contributed by atoms with Crippen LogP contribution < -0.4 is 5.43 Å². The molecule has 2 aromatic rings. The van der Waals surface area contributed by atoms with Gasteiger partial charge in [0.15, 0.2) is 5.43 Å². The lowest BCUT2D eigenvalue weighted by molar-refractivity contribution is 0.0695. The van der Waals surface area contributed by atoms with E-state index in [1.165, 1.54) is 12.3 Å². The maximum atomic E-state index is 11.6. The summed E-state index contributed by atoms with van der Waals surface area (Å²) in [6.07, 6.45) is 2.29. The lowest BCUT2D eigenvalue weighted by atomic mass is 10.1. The van der Waals surface area contributed by atoms with Crippen molar-refractivity contribution < 1.29 is 9.90 Å². The van der Waals surface area contributed by atoms with Gasteiger partial charge in [0.1, 0.15) is 5.56 Å². The van der Waals surface area contributed by atoms with Crippen LogP contribution in [0.4, 0.5) is 0 Å². The number of hydrogen-bond acceptors (Lipinski definition) is 2. The molecule has 4 nitrogen and oxygen atoms in total. The van der Waals surface area contributed by atoms with Gasteiger partial charge in [-0.25, -0.2) is 4.79 Å². The van der Waals surface area contributed by atoms with Crippen molar-refractivity contribution >= 4 is 5.97 Å². The quantitative estimate of drug-likeness (QED) is 0.918. The van der Waals surface area contributed by atoms with Crippen LogP contribution in [0, 0.1) is 6.92 Å². The van der Waals surface area contributed by atoms with Crippen molar-refractivity contribution in [3.63, 3.8) is 0 Å². The van der Waals surface area contributed by atoms with Crippen molar-refractivity contribution in [1.29, 1.82) is 0 Å². The molecule has 0 saturated heterocycles. The first-order chi connectivity index (χ1) is 9.02. The van der Waals surface area contributed by atoms with Crippen LogP contribution in [0.25, 0.3) is 5.69 Å². The van der Waals surface area contributed by atoms with E-state index in [1.54, 1.807) is 11.5 Å². The fourth-order valence-electron chi connectivity index (χ4n) is 2.00. The average molecular weight is 257 g/mol. The third kappa shape index (κ3) is 2.57. The standard InChI is InChI=1S/C15H15NO3/c1-3-11-5-4-6-12(8-11)16-9-13(15(18)19)14(17)7-10(16)2/h4-9H,3H2,1-2H3,(H,18,19). The van der Waals surface area contributed by atoms with Gasteiger partial charge in [0.05, 0.1) is 0 Å². The van der Waals surface area contributed by atoms with E-state index in [2.05, 4.69) is 6.92 Å². The monoisotopic (exact) mass is 257 g/mol. The molecular formula is C15H15NO3. The highest BCUT2D eigenvalue weighted by Crippen LogP contribution is 2.13. The number of hydrogen-bond donors (Lipinski definition) is 1. The number of carboxylic acids is 1. The molecule has 0 aliphatic heterocycles. The maximum Gasteiger partial charge on any atom is 0.341 e. The van der Waals surface area contributed by atoms with Gasteiger partial charge >= 0.3 is 5.97 Å². The molecule has 0 atom stereocenters. The van der Waals surface area contributed by atoms with Gasteiger partial charge in [0, 0.05) is 23.6 Å². The van der Waals surface area contributed by atoms with Gasteiger partial charge in [-0.05, 0) is 31.0 Å². The number of pyridine rings is 1. The van der Waals surface area contributed by atoms with Crippen LogP contribution in [0.5, 0.6) is 0 Å². The number of aromatic carboxylic acids is 1. The van der Waals surface area contributed by atoms with E-state index in [0.717, 1.165) is 17.7 Å². The Hall–Kier alpha value is -2.36. The number of nitrogens with zero attached hydrogens (tertiary/aromatic N) is 1. The highest BCUT2D eigenvalue weighted by molar-refractivity contribution is 5.87. The highest BCUT2D eigenvalue weighted by atomic mass is 16.4. The van der Waals surface area contributed by atoms with Crippen molar-refractivity contribution in [3.8, 4) is 5.69 Å². The van der Waals surface area contributed by atoms with Crippen LogP contribution in [0.1, 0.15) is 28.5 Å². The zero-order chi connectivity index (χ0) is 14.0.